The van der Waals surface area contributed by atoms with Gasteiger partial charge in [0.05, 0.1) is 0 Å². The third-order valence-corrected chi connectivity index (χ3v) is 1.72. The highest BCUT2D eigenvalue weighted by Crippen LogP contribution is 2.27. The minimum atomic E-state index is -4.87. The standard InChI is InChI=1S/C9H11F5N2/c1-5(8(2,10)11)6(16-3)4-7(15)9(12,13)14/h4,15-16H,1H2,2-3H3/b6-4-,15-7?. The average molecular weight is 242 g/mol. The first-order valence-electron chi connectivity index (χ1n) is 4.13. The molecule has 0 radical (unpaired) electrons. The largest absolute Gasteiger partial charge is 0.432 e. The molecule has 0 aliphatic carbocycles. The fourth-order valence-electron chi connectivity index (χ4n) is 0.773. The van der Waals surface area contributed by atoms with Gasteiger partial charge in [0.15, 0.2) is 0 Å². The molecule has 0 amide bonds. The van der Waals surface area contributed by atoms with E-state index in [0.29, 0.717) is 6.92 Å². The molecule has 0 rings (SSSR count). The zero-order valence-corrected chi connectivity index (χ0v) is 8.67. The van der Waals surface area contributed by atoms with E-state index in [2.05, 4.69) is 11.9 Å². The number of allylic oxidation sites excluding steroid dienone is 2. The van der Waals surface area contributed by atoms with Crippen molar-refractivity contribution in [3.8, 4) is 0 Å². The Kier molecular flexibility index (Phi) is 4.22. The Labute approximate surface area is 89.3 Å². The molecular weight excluding hydrogens is 231 g/mol. The van der Waals surface area contributed by atoms with E-state index in [0.717, 1.165) is 0 Å². The van der Waals surface area contributed by atoms with Crippen LogP contribution in [0.2, 0.25) is 0 Å². The molecule has 0 aromatic rings. The van der Waals surface area contributed by atoms with Crippen LogP contribution < -0.4 is 5.32 Å². The highest BCUT2D eigenvalue weighted by atomic mass is 19.4. The van der Waals surface area contributed by atoms with Gasteiger partial charge in [0, 0.05) is 25.2 Å². The Morgan fingerprint density at radius 1 is 1.25 bits per heavy atom. The summed E-state index contributed by atoms with van der Waals surface area (Å²) in [5.41, 5.74) is -3.04. The van der Waals surface area contributed by atoms with Crippen LogP contribution >= 0.6 is 0 Å². The third kappa shape index (κ3) is 4.00. The maximum atomic E-state index is 12.8. The maximum Gasteiger partial charge on any atom is 0.432 e. The predicted octanol–water partition coefficient (Wildman–Crippen LogP) is 2.88. The molecule has 2 N–H and O–H groups in total. The second-order valence-corrected chi connectivity index (χ2v) is 3.09. The Morgan fingerprint density at radius 3 is 1.94 bits per heavy atom. The van der Waals surface area contributed by atoms with Gasteiger partial charge in [-0.3, -0.25) is 5.41 Å². The van der Waals surface area contributed by atoms with Crippen molar-refractivity contribution in [3.05, 3.63) is 23.9 Å². The van der Waals surface area contributed by atoms with Crippen LogP contribution in [-0.2, 0) is 0 Å². The fourth-order valence-corrected chi connectivity index (χ4v) is 0.773. The first-order chi connectivity index (χ1) is 7.00. The summed E-state index contributed by atoms with van der Waals surface area (Å²) in [6, 6.07) is 0. The molecule has 92 valence electrons. The van der Waals surface area contributed by atoms with Crippen molar-refractivity contribution in [2.75, 3.05) is 7.05 Å². The number of halogens is 5. The lowest BCUT2D eigenvalue weighted by atomic mass is 10.1. The van der Waals surface area contributed by atoms with Crippen molar-refractivity contribution in [1.82, 2.24) is 5.32 Å². The monoisotopic (exact) mass is 242 g/mol. The van der Waals surface area contributed by atoms with E-state index in [-0.39, 0.29) is 6.08 Å². The van der Waals surface area contributed by atoms with Crippen molar-refractivity contribution >= 4 is 5.71 Å². The lowest BCUT2D eigenvalue weighted by Gasteiger charge is -2.17. The summed E-state index contributed by atoms with van der Waals surface area (Å²) in [7, 11) is 1.17. The summed E-state index contributed by atoms with van der Waals surface area (Å²) in [6.45, 7) is 3.50. The SMILES string of the molecule is C=C(/C(=C/C(=N)C(F)(F)F)NC)C(C)(F)F. The van der Waals surface area contributed by atoms with Crippen LogP contribution in [0.15, 0.2) is 23.9 Å². The Morgan fingerprint density at radius 2 is 1.69 bits per heavy atom. The number of rotatable bonds is 4. The fraction of sp³-hybridized carbons (Fsp3) is 0.444. The van der Waals surface area contributed by atoms with Crippen LogP contribution in [0.5, 0.6) is 0 Å². The van der Waals surface area contributed by atoms with Crippen LogP contribution in [0.3, 0.4) is 0 Å². The van der Waals surface area contributed by atoms with Crippen LogP contribution in [0, 0.1) is 5.41 Å². The normalized spacial score (nSPS) is 13.6. The highest BCUT2D eigenvalue weighted by molar-refractivity contribution is 5.97. The summed E-state index contributed by atoms with van der Waals surface area (Å²) >= 11 is 0. The molecule has 0 aromatic carbocycles. The first-order valence-corrected chi connectivity index (χ1v) is 4.13. The summed E-state index contributed by atoms with van der Waals surface area (Å²) in [4.78, 5) is 0. The number of hydrogen-bond donors (Lipinski definition) is 2. The Hall–Kier alpha value is -1.40. The molecule has 0 heterocycles. The number of nitrogens with one attached hydrogen (secondary N) is 2. The second kappa shape index (κ2) is 4.63. The number of hydrogen-bond acceptors (Lipinski definition) is 2. The van der Waals surface area contributed by atoms with E-state index in [9.17, 15) is 22.0 Å². The Balaban J connectivity index is 5.11. The van der Waals surface area contributed by atoms with E-state index in [1.54, 1.807) is 0 Å². The summed E-state index contributed by atoms with van der Waals surface area (Å²) in [6.07, 6.45) is -4.59. The van der Waals surface area contributed by atoms with E-state index in [1.165, 1.54) is 7.05 Å². The topological polar surface area (TPSA) is 35.9 Å². The van der Waals surface area contributed by atoms with Crippen molar-refractivity contribution in [2.24, 2.45) is 0 Å². The van der Waals surface area contributed by atoms with E-state index in [1.807, 2.05) is 0 Å². The van der Waals surface area contributed by atoms with Gasteiger partial charge in [0.1, 0.15) is 5.71 Å². The molecule has 7 heteroatoms. The van der Waals surface area contributed by atoms with Gasteiger partial charge in [-0.05, 0) is 6.08 Å². The van der Waals surface area contributed by atoms with Crippen molar-refractivity contribution in [1.29, 1.82) is 5.41 Å². The summed E-state index contributed by atoms with van der Waals surface area (Å²) in [5.74, 6) is -3.35. The second-order valence-electron chi connectivity index (χ2n) is 3.09. The van der Waals surface area contributed by atoms with E-state index < -0.39 is 29.1 Å². The molecule has 0 aliphatic rings. The molecule has 0 atom stereocenters. The molecule has 0 spiro atoms. The van der Waals surface area contributed by atoms with Crippen molar-refractivity contribution in [2.45, 2.75) is 19.0 Å². The molecule has 0 aromatic heterocycles. The minimum absolute atomic E-state index is 0.278. The van der Waals surface area contributed by atoms with Crippen LogP contribution in [-0.4, -0.2) is 24.9 Å². The van der Waals surface area contributed by atoms with Crippen molar-refractivity contribution in [3.63, 3.8) is 0 Å². The number of alkyl halides is 5. The van der Waals surface area contributed by atoms with Gasteiger partial charge < -0.3 is 5.32 Å². The first kappa shape index (κ1) is 14.6. The highest BCUT2D eigenvalue weighted by Gasteiger charge is 2.35. The molecular formula is C9H11F5N2. The predicted molar refractivity (Wildman–Crippen MR) is 50.7 cm³/mol. The molecule has 2 nitrogen and oxygen atoms in total. The smallest absolute Gasteiger partial charge is 0.388 e. The molecule has 0 bridgehead atoms. The molecule has 0 saturated carbocycles. The van der Waals surface area contributed by atoms with Crippen LogP contribution in [0.4, 0.5) is 22.0 Å². The summed E-state index contributed by atoms with van der Waals surface area (Å²) < 4.78 is 61.5. The summed E-state index contributed by atoms with van der Waals surface area (Å²) in [5, 5.41) is 8.80. The van der Waals surface area contributed by atoms with Gasteiger partial charge in [-0.15, -0.1) is 0 Å². The van der Waals surface area contributed by atoms with E-state index in [4.69, 9.17) is 5.41 Å². The average Bonchev–Trinajstić information content (AvgIpc) is 2.09. The van der Waals surface area contributed by atoms with Crippen LogP contribution in [0.1, 0.15) is 6.92 Å². The quantitative estimate of drug-likeness (QED) is 0.444. The molecule has 0 saturated heterocycles. The van der Waals surface area contributed by atoms with Gasteiger partial charge in [-0.2, -0.15) is 13.2 Å². The maximum absolute atomic E-state index is 12.8. The number of likely N-dealkylation sites (N-methyl/N-ethyl adjacent to an activating group) is 1. The lowest BCUT2D eigenvalue weighted by Crippen LogP contribution is -2.25. The molecule has 0 unspecified atom stereocenters. The Bertz CT molecular complexity index is 322. The molecule has 0 aliphatic heterocycles. The molecule has 16 heavy (non-hydrogen) atoms. The van der Waals surface area contributed by atoms with Crippen LogP contribution in [0.25, 0.3) is 0 Å². The van der Waals surface area contributed by atoms with Crippen molar-refractivity contribution < 1.29 is 22.0 Å². The van der Waals surface area contributed by atoms with Gasteiger partial charge in [0.2, 0.25) is 0 Å². The van der Waals surface area contributed by atoms with Gasteiger partial charge in [-0.25, -0.2) is 8.78 Å². The minimum Gasteiger partial charge on any atom is -0.388 e. The lowest BCUT2D eigenvalue weighted by molar-refractivity contribution is -0.0584. The zero-order valence-electron chi connectivity index (χ0n) is 8.67. The zero-order chi connectivity index (χ0) is 13.1. The van der Waals surface area contributed by atoms with E-state index >= 15 is 0 Å². The van der Waals surface area contributed by atoms with Gasteiger partial charge in [0.25, 0.3) is 5.92 Å². The van der Waals surface area contributed by atoms with Gasteiger partial charge >= 0.3 is 6.18 Å². The molecule has 0 fully saturated rings. The van der Waals surface area contributed by atoms with Gasteiger partial charge in [-0.1, -0.05) is 6.58 Å². The third-order valence-electron chi connectivity index (χ3n) is 1.72.